The fraction of sp³-hybridized carbons (Fsp3) is 0.395. The van der Waals surface area contributed by atoms with Crippen molar-refractivity contribution in [2.75, 3.05) is 26.7 Å². The average Bonchev–Trinajstić information content (AvgIpc) is 3.62. The molecule has 2 aromatic carbocycles. The SMILES string of the molecule is CC(C)[C@@H]1NC(=O)[C@H](C)NC(=O)c2csc(n2)[C@H](Cc2ccccc2)NC(=O)CN(Cc2ccc3cc(Cl)ccc3n2)CCN(C)C(=O)[C@@H](C)NC1=O. The van der Waals surface area contributed by atoms with Crippen LogP contribution in [0.1, 0.15) is 60.5 Å². The van der Waals surface area contributed by atoms with Gasteiger partial charge >= 0.3 is 0 Å². The number of benzene rings is 2. The van der Waals surface area contributed by atoms with Gasteiger partial charge in [0.1, 0.15) is 28.8 Å². The number of halogens is 1. The largest absolute Gasteiger partial charge is 0.345 e. The molecule has 0 fully saturated rings. The molecule has 0 spiro atoms. The van der Waals surface area contributed by atoms with E-state index in [1.807, 2.05) is 59.5 Å². The van der Waals surface area contributed by atoms with E-state index in [0.717, 1.165) is 22.2 Å². The summed E-state index contributed by atoms with van der Waals surface area (Å²) in [6.07, 6.45) is 0.418. The van der Waals surface area contributed by atoms with E-state index < -0.39 is 41.9 Å². The third-order valence-corrected chi connectivity index (χ3v) is 10.2. The summed E-state index contributed by atoms with van der Waals surface area (Å²) in [4.78, 5) is 79.9. The lowest BCUT2D eigenvalue weighted by Gasteiger charge is -2.29. The molecule has 15 heteroatoms. The Hall–Kier alpha value is -4.92. The number of carbonyl (C=O) groups excluding carboxylic acids is 5. The van der Waals surface area contributed by atoms with Crippen LogP contribution in [0.3, 0.4) is 0 Å². The molecule has 2 aromatic heterocycles. The first-order chi connectivity index (χ1) is 25.3. The van der Waals surface area contributed by atoms with Crippen molar-refractivity contribution in [2.45, 2.75) is 64.8 Å². The van der Waals surface area contributed by atoms with E-state index in [2.05, 4.69) is 26.3 Å². The minimum absolute atomic E-state index is 0.0278. The number of carbonyl (C=O) groups is 5. The number of hydrogen-bond donors (Lipinski definition) is 4. The first-order valence-electron chi connectivity index (χ1n) is 17.5. The van der Waals surface area contributed by atoms with Crippen molar-refractivity contribution in [2.24, 2.45) is 5.92 Å². The zero-order valence-electron chi connectivity index (χ0n) is 30.4. The van der Waals surface area contributed by atoms with Gasteiger partial charge in [-0.05, 0) is 56.0 Å². The standard InChI is InChI=1S/C38H45ClN8O5S/c1-22(2)33-36(51)41-24(4)38(52)46(5)15-16-47(19-28-13-11-26-18-27(39)12-14-29(26)42-28)20-32(48)43-30(17-25-9-7-6-8-10-25)37-44-31(21-53-37)35(50)40-23(3)34(49)45-33/h6-14,18,21-24,30,33H,15-17,19-20H2,1-5H3,(H,40,50)(H,41,51)(H,43,48)(H,45,49)/t23-,24+,30-,33-/m0/s1. The van der Waals surface area contributed by atoms with Gasteiger partial charge in [-0.2, -0.15) is 0 Å². The molecule has 5 rings (SSSR count). The predicted molar refractivity (Wildman–Crippen MR) is 204 cm³/mol. The molecule has 4 N–H and O–H groups in total. The van der Waals surface area contributed by atoms with Crippen molar-refractivity contribution < 1.29 is 24.0 Å². The fourth-order valence-corrected chi connectivity index (χ4v) is 6.99. The highest BCUT2D eigenvalue weighted by atomic mass is 35.5. The Bertz CT molecular complexity index is 1960. The monoisotopic (exact) mass is 760 g/mol. The number of fused-ring (bicyclic) bond motifs is 3. The summed E-state index contributed by atoms with van der Waals surface area (Å²) in [6, 6.07) is 15.5. The summed E-state index contributed by atoms with van der Waals surface area (Å²) >= 11 is 7.41. The molecule has 13 nitrogen and oxygen atoms in total. The Morgan fingerprint density at radius 2 is 1.62 bits per heavy atom. The van der Waals surface area contributed by atoms with Crippen molar-refractivity contribution in [3.8, 4) is 0 Å². The maximum absolute atomic E-state index is 13.9. The molecule has 0 saturated carbocycles. The molecule has 280 valence electrons. The Kier molecular flexibility index (Phi) is 13.1. The van der Waals surface area contributed by atoms with E-state index in [9.17, 15) is 24.0 Å². The van der Waals surface area contributed by atoms with Crippen LogP contribution in [0.5, 0.6) is 0 Å². The number of nitrogens with zero attached hydrogens (tertiary/aromatic N) is 4. The normalized spacial score (nSPS) is 21.8. The molecule has 1 aliphatic heterocycles. The van der Waals surface area contributed by atoms with Crippen molar-refractivity contribution in [3.63, 3.8) is 0 Å². The molecular weight excluding hydrogens is 716 g/mol. The third-order valence-electron chi connectivity index (χ3n) is 8.98. The summed E-state index contributed by atoms with van der Waals surface area (Å²) < 4.78 is 0. The summed E-state index contributed by atoms with van der Waals surface area (Å²) in [6.45, 7) is 7.48. The van der Waals surface area contributed by atoms with Crippen LogP contribution in [0.2, 0.25) is 5.02 Å². The van der Waals surface area contributed by atoms with Gasteiger partial charge in [-0.15, -0.1) is 11.3 Å². The van der Waals surface area contributed by atoms with E-state index in [0.29, 0.717) is 29.5 Å². The second-order valence-corrected chi connectivity index (χ2v) is 15.0. The topological polar surface area (TPSA) is 166 Å². The van der Waals surface area contributed by atoms with E-state index in [1.165, 1.54) is 23.2 Å². The number of likely N-dealkylation sites (N-methyl/N-ethyl adjacent to an activating group) is 1. The first-order valence-corrected chi connectivity index (χ1v) is 18.8. The van der Waals surface area contributed by atoms with Gasteiger partial charge < -0.3 is 26.2 Å². The van der Waals surface area contributed by atoms with Crippen LogP contribution < -0.4 is 21.3 Å². The molecule has 4 atom stereocenters. The minimum Gasteiger partial charge on any atom is -0.345 e. The van der Waals surface area contributed by atoms with E-state index in [1.54, 1.807) is 39.3 Å². The van der Waals surface area contributed by atoms with Crippen LogP contribution in [-0.2, 0) is 32.1 Å². The van der Waals surface area contributed by atoms with E-state index >= 15 is 0 Å². The van der Waals surface area contributed by atoms with Crippen molar-refractivity contribution >= 4 is 63.4 Å². The van der Waals surface area contributed by atoms with Crippen LogP contribution in [0.4, 0.5) is 0 Å². The Balaban J connectivity index is 1.46. The van der Waals surface area contributed by atoms with Crippen molar-refractivity contribution in [3.05, 3.63) is 93.0 Å². The number of hydrogen-bond acceptors (Lipinski definition) is 9. The first kappa shape index (κ1) is 39.3. The molecular formula is C38H45ClN8O5S. The second-order valence-electron chi connectivity index (χ2n) is 13.6. The lowest BCUT2D eigenvalue weighted by Crippen LogP contribution is -2.57. The minimum atomic E-state index is -0.998. The zero-order chi connectivity index (χ0) is 38.2. The van der Waals surface area contributed by atoms with Crippen LogP contribution >= 0.6 is 22.9 Å². The number of thiazole rings is 1. The highest BCUT2D eigenvalue weighted by Gasteiger charge is 2.31. The fourth-order valence-electron chi connectivity index (χ4n) is 5.96. The highest BCUT2D eigenvalue weighted by Crippen LogP contribution is 2.23. The molecule has 0 unspecified atom stereocenters. The predicted octanol–water partition coefficient (Wildman–Crippen LogP) is 3.48. The van der Waals surface area contributed by atoms with Crippen LogP contribution in [0.25, 0.3) is 10.9 Å². The molecule has 0 aliphatic carbocycles. The van der Waals surface area contributed by atoms with Crippen LogP contribution in [0, 0.1) is 5.92 Å². The molecule has 2 bridgehead atoms. The maximum Gasteiger partial charge on any atom is 0.271 e. The maximum atomic E-state index is 13.9. The van der Waals surface area contributed by atoms with Crippen molar-refractivity contribution in [1.29, 1.82) is 0 Å². The zero-order valence-corrected chi connectivity index (χ0v) is 32.0. The molecule has 53 heavy (non-hydrogen) atoms. The van der Waals surface area contributed by atoms with Crippen molar-refractivity contribution in [1.82, 2.24) is 41.0 Å². The quantitative estimate of drug-likeness (QED) is 0.240. The smallest absolute Gasteiger partial charge is 0.271 e. The third kappa shape index (κ3) is 10.6. The van der Waals surface area contributed by atoms with Crippen LogP contribution in [-0.4, -0.2) is 94.1 Å². The number of pyridine rings is 1. The molecule has 1 aliphatic rings. The summed E-state index contributed by atoms with van der Waals surface area (Å²) in [5.74, 6) is -2.61. The van der Waals surface area contributed by atoms with Gasteiger partial charge in [0.25, 0.3) is 5.91 Å². The number of nitrogens with one attached hydrogen (secondary N) is 4. The van der Waals surface area contributed by atoms with Gasteiger partial charge in [-0.3, -0.25) is 33.9 Å². The lowest BCUT2D eigenvalue weighted by molar-refractivity contribution is -0.136. The summed E-state index contributed by atoms with van der Waals surface area (Å²) in [5.41, 5.74) is 2.54. The Labute approximate surface area is 317 Å². The molecule has 0 radical (unpaired) electrons. The second kappa shape index (κ2) is 17.7. The number of amides is 5. The van der Waals surface area contributed by atoms with Gasteiger partial charge in [-0.1, -0.05) is 61.8 Å². The van der Waals surface area contributed by atoms with Crippen LogP contribution in [0.15, 0.2) is 66.0 Å². The number of rotatable bonds is 5. The Morgan fingerprint density at radius 1 is 0.868 bits per heavy atom. The van der Waals surface area contributed by atoms with E-state index in [-0.39, 0.29) is 36.5 Å². The highest BCUT2D eigenvalue weighted by molar-refractivity contribution is 7.09. The average molecular weight is 761 g/mol. The van der Waals surface area contributed by atoms with Gasteiger partial charge in [0.2, 0.25) is 23.6 Å². The van der Waals surface area contributed by atoms with Gasteiger partial charge in [-0.25, -0.2) is 4.98 Å². The molecule has 0 saturated heterocycles. The van der Waals surface area contributed by atoms with Gasteiger partial charge in [0.15, 0.2) is 0 Å². The van der Waals surface area contributed by atoms with Gasteiger partial charge in [0.05, 0.1) is 23.8 Å². The summed E-state index contributed by atoms with van der Waals surface area (Å²) in [7, 11) is 1.64. The Morgan fingerprint density at radius 3 is 2.36 bits per heavy atom. The lowest BCUT2D eigenvalue weighted by atomic mass is 10.0. The van der Waals surface area contributed by atoms with Gasteiger partial charge in [0, 0.05) is 42.5 Å². The summed E-state index contributed by atoms with van der Waals surface area (Å²) in [5, 5.41) is 14.8. The van der Waals surface area contributed by atoms with E-state index in [4.69, 9.17) is 16.6 Å². The molecule has 5 amide bonds. The number of aromatic nitrogens is 2. The molecule has 3 heterocycles. The molecule has 4 aromatic rings.